The quantitative estimate of drug-likeness (QED) is 0.656. The number of halogens is 2. The molecule has 2 rings (SSSR count). The molecule has 0 saturated heterocycles. The van der Waals surface area contributed by atoms with E-state index in [2.05, 4.69) is 0 Å². The summed E-state index contributed by atoms with van der Waals surface area (Å²) in [6.45, 7) is 0. The van der Waals surface area contributed by atoms with Crippen LogP contribution in [0.5, 0.6) is 0 Å². The van der Waals surface area contributed by atoms with E-state index >= 15 is 0 Å². The fourth-order valence-corrected chi connectivity index (χ4v) is 1.45. The highest BCUT2D eigenvalue weighted by Crippen LogP contribution is 2.17. The van der Waals surface area contributed by atoms with Crippen LogP contribution in [0.3, 0.4) is 0 Å². The highest BCUT2D eigenvalue weighted by atomic mass is 19.2. The third-order valence-corrected chi connectivity index (χ3v) is 2.27. The van der Waals surface area contributed by atoms with Crippen LogP contribution in [0.2, 0.25) is 0 Å². The summed E-state index contributed by atoms with van der Waals surface area (Å²) in [5.41, 5.74) is 2.06. The predicted octanol–water partition coefficient (Wildman–Crippen LogP) is 2.99. The molecule has 0 nitrogen and oxygen atoms in total. The van der Waals surface area contributed by atoms with Crippen molar-refractivity contribution >= 4 is 12.7 Å². The Hall–Kier alpha value is -1.64. The van der Waals surface area contributed by atoms with E-state index in [9.17, 15) is 8.63 Å². The first-order valence-electron chi connectivity index (χ1n) is 4.71. The molecule has 0 saturated carbocycles. The predicted molar refractivity (Wildman–Crippen MR) is 59.5 cm³/mol. The average molecular weight is 202 g/mol. The number of benzene rings is 2. The molecule has 0 fully saturated rings. The van der Waals surface area contributed by atoms with E-state index in [0.29, 0.717) is 0 Å². The maximum atomic E-state index is 12.3. The van der Waals surface area contributed by atoms with Crippen molar-refractivity contribution < 1.29 is 8.63 Å². The van der Waals surface area contributed by atoms with Crippen LogP contribution < -0.4 is 5.46 Å². The van der Waals surface area contributed by atoms with Crippen LogP contribution in [0.4, 0.5) is 8.63 Å². The lowest BCUT2D eigenvalue weighted by atomic mass is 9.85. The zero-order valence-corrected chi connectivity index (χ0v) is 8.03. The third-order valence-electron chi connectivity index (χ3n) is 2.27. The minimum atomic E-state index is -2.39. The first-order valence-corrected chi connectivity index (χ1v) is 4.71. The molecule has 0 aromatic heterocycles. The van der Waals surface area contributed by atoms with Gasteiger partial charge in [-0.05, 0) is 16.6 Å². The average Bonchev–Trinajstić information content (AvgIpc) is 2.30. The van der Waals surface area contributed by atoms with Gasteiger partial charge in [-0.1, -0.05) is 54.6 Å². The Morgan fingerprint density at radius 2 is 1.20 bits per heavy atom. The second kappa shape index (κ2) is 4.26. The Bertz CT molecular complexity index is 423. The van der Waals surface area contributed by atoms with E-state index < -0.39 is 7.27 Å². The van der Waals surface area contributed by atoms with E-state index in [1.807, 2.05) is 30.3 Å². The van der Waals surface area contributed by atoms with Gasteiger partial charge in [-0.3, -0.25) is 8.63 Å². The summed E-state index contributed by atoms with van der Waals surface area (Å²) in [7, 11) is -2.39. The normalized spacial score (nSPS) is 10.0. The summed E-state index contributed by atoms with van der Waals surface area (Å²) in [5.74, 6) is 0. The molecule has 0 spiro atoms. The molecule has 0 amide bonds. The molecule has 0 N–H and O–H groups in total. The van der Waals surface area contributed by atoms with Gasteiger partial charge in [0.05, 0.1) is 0 Å². The van der Waals surface area contributed by atoms with Crippen molar-refractivity contribution in [3.05, 3.63) is 54.6 Å². The van der Waals surface area contributed by atoms with E-state index in [4.69, 9.17) is 0 Å². The number of hydrogen-bond acceptors (Lipinski definition) is 0. The van der Waals surface area contributed by atoms with E-state index in [1.54, 1.807) is 12.1 Å². The minimum absolute atomic E-state index is 0.0645. The molecule has 2 aromatic rings. The Labute approximate surface area is 87.7 Å². The van der Waals surface area contributed by atoms with Gasteiger partial charge < -0.3 is 0 Å². The lowest BCUT2D eigenvalue weighted by molar-refractivity contribution is 0.685. The van der Waals surface area contributed by atoms with Crippen molar-refractivity contribution in [2.45, 2.75) is 0 Å². The van der Waals surface area contributed by atoms with Gasteiger partial charge in [0.25, 0.3) is 0 Å². The lowest BCUT2D eigenvalue weighted by Crippen LogP contribution is -2.19. The summed E-state index contributed by atoms with van der Waals surface area (Å²) >= 11 is 0. The van der Waals surface area contributed by atoms with Crippen LogP contribution in [0.25, 0.3) is 11.1 Å². The Kier molecular flexibility index (Phi) is 2.81. The fraction of sp³-hybridized carbons (Fsp3) is 0. The topological polar surface area (TPSA) is 0 Å². The van der Waals surface area contributed by atoms with Crippen molar-refractivity contribution in [1.82, 2.24) is 0 Å². The number of rotatable bonds is 2. The smallest absolute Gasteiger partial charge is 0.281 e. The molecule has 0 atom stereocenters. The van der Waals surface area contributed by atoms with Crippen molar-refractivity contribution in [2.75, 3.05) is 0 Å². The zero-order valence-electron chi connectivity index (χ0n) is 8.03. The van der Waals surface area contributed by atoms with Gasteiger partial charge >= 0.3 is 7.27 Å². The maximum Gasteiger partial charge on any atom is 0.571 e. The highest BCUT2D eigenvalue weighted by Gasteiger charge is 2.14. The van der Waals surface area contributed by atoms with Crippen LogP contribution in [-0.2, 0) is 0 Å². The SMILES string of the molecule is FB(F)c1ccc(-c2ccccc2)cc1. The Morgan fingerprint density at radius 1 is 0.667 bits per heavy atom. The summed E-state index contributed by atoms with van der Waals surface area (Å²) < 4.78 is 24.6. The largest absolute Gasteiger partial charge is 0.571 e. The molecule has 0 aliphatic rings. The standard InChI is InChI=1S/C12H9BF2/c14-13(15)12-8-6-11(7-9-12)10-4-2-1-3-5-10/h1-9H. The molecule has 3 heteroatoms. The van der Waals surface area contributed by atoms with Gasteiger partial charge in [-0.15, -0.1) is 0 Å². The summed E-state index contributed by atoms with van der Waals surface area (Å²) in [6, 6.07) is 16.1. The molecule has 0 bridgehead atoms. The second-order valence-corrected chi connectivity index (χ2v) is 3.29. The van der Waals surface area contributed by atoms with Gasteiger partial charge in [0, 0.05) is 0 Å². The monoisotopic (exact) mass is 202 g/mol. The molecular weight excluding hydrogens is 193 g/mol. The van der Waals surface area contributed by atoms with Crippen LogP contribution in [0.15, 0.2) is 54.6 Å². The van der Waals surface area contributed by atoms with E-state index in [1.165, 1.54) is 12.1 Å². The zero-order chi connectivity index (χ0) is 10.7. The van der Waals surface area contributed by atoms with Crippen LogP contribution >= 0.6 is 0 Å². The van der Waals surface area contributed by atoms with Gasteiger partial charge in [0.2, 0.25) is 0 Å². The van der Waals surface area contributed by atoms with Crippen molar-refractivity contribution in [2.24, 2.45) is 0 Å². The highest BCUT2D eigenvalue weighted by molar-refractivity contribution is 6.59. The van der Waals surface area contributed by atoms with Gasteiger partial charge in [-0.2, -0.15) is 0 Å². The van der Waals surface area contributed by atoms with E-state index in [-0.39, 0.29) is 5.46 Å². The van der Waals surface area contributed by atoms with Gasteiger partial charge in [-0.25, -0.2) is 0 Å². The first kappa shape index (κ1) is 9.90. The molecule has 15 heavy (non-hydrogen) atoms. The molecule has 0 unspecified atom stereocenters. The lowest BCUT2D eigenvalue weighted by Gasteiger charge is -2.02. The maximum absolute atomic E-state index is 12.3. The summed E-state index contributed by atoms with van der Waals surface area (Å²) in [4.78, 5) is 0. The van der Waals surface area contributed by atoms with Gasteiger partial charge in [0.15, 0.2) is 0 Å². The number of hydrogen-bond donors (Lipinski definition) is 0. The second-order valence-electron chi connectivity index (χ2n) is 3.29. The third kappa shape index (κ3) is 2.24. The Morgan fingerprint density at radius 3 is 1.73 bits per heavy atom. The van der Waals surface area contributed by atoms with Crippen LogP contribution in [0, 0.1) is 0 Å². The molecule has 0 radical (unpaired) electrons. The molecular formula is C12H9BF2. The Balaban J connectivity index is 2.32. The van der Waals surface area contributed by atoms with Gasteiger partial charge in [0.1, 0.15) is 0 Å². The van der Waals surface area contributed by atoms with Crippen LogP contribution in [-0.4, -0.2) is 7.27 Å². The molecule has 0 aliphatic carbocycles. The summed E-state index contributed by atoms with van der Waals surface area (Å²) in [6.07, 6.45) is 0. The van der Waals surface area contributed by atoms with Crippen molar-refractivity contribution in [3.8, 4) is 11.1 Å². The molecule has 2 aromatic carbocycles. The fourth-order valence-electron chi connectivity index (χ4n) is 1.45. The first-order chi connectivity index (χ1) is 7.27. The van der Waals surface area contributed by atoms with Crippen molar-refractivity contribution in [3.63, 3.8) is 0 Å². The minimum Gasteiger partial charge on any atom is -0.281 e. The van der Waals surface area contributed by atoms with Crippen LogP contribution in [0.1, 0.15) is 0 Å². The summed E-state index contributed by atoms with van der Waals surface area (Å²) in [5, 5.41) is 0. The molecule has 0 heterocycles. The molecule has 0 aliphatic heterocycles. The van der Waals surface area contributed by atoms with E-state index in [0.717, 1.165) is 11.1 Å². The molecule has 74 valence electrons. The van der Waals surface area contributed by atoms with Crippen molar-refractivity contribution in [1.29, 1.82) is 0 Å².